The Hall–Kier alpha value is -2.03. The molecule has 1 saturated heterocycles. The van der Waals surface area contributed by atoms with Crippen LogP contribution in [0, 0.1) is 0 Å². The van der Waals surface area contributed by atoms with Gasteiger partial charge in [0, 0.05) is 30.8 Å². The number of carbonyl (C=O) groups is 2. The van der Waals surface area contributed by atoms with Crippen molar-refractivity contribution in [1.82, 2.24) is 10.6 Å². The normalized spacial score (nSPS) is 20.3. The van der Waals surface area contributed by atoms with Crippen LogP contribution >= 0.6 is 12.4 Å². The van der Waals surface area contributed by atoms with Crippen LogP contribution in [-0.4, -0.2) is 57.4 Å². The van der Waals surface area contributed by atoms with Gasteiger partial charge in [0.15, 0.2) is 11.5 Å². The van der Waals surface area contributed by atoms with Gasteiger partial charge in [-0.05, 0) is 25.0 Å². The monoisotopic (exact) mass is 427 g/mol. The van der Waals surface area contributed by atoms with Gasteiger partial charge in [0.05, 0.1) is 27.4 Å². The topological polar surface area (TPSA) is 97.9 Å². The lowest BCUT2D eigenvalue weighted by Crippen LogP contribution is -2.56. The Morgan fingerprint density at radius 1 is 1.21 bits per heavy atom. The first-order chi connectivity index (χ1) is 13.6. The number of ether oxygens (including phenoxy) is 3. The number of nitrogens with one attached hydrogen (secondary N) is 3. The molecule has 1 aliphatic heterocycles. The summed E-state index contributed by atoms with van der Waals surface area (Å²) in [7, 11) is 3.11. The summed E-state index contributed by atoms with van der Waals surface area (Å²) in [5, 5.41) is 9.21. The molecule has 0 radical (unpaired) electrons. The minimum atomic E-state index is -0.875. The van der Waals surface area contributed by atoms with Crippen LogP contribution in [-0.2, 0) is 14.3 Å². The number of hydrogen-bond acceptors (Lipinski definition) is 6. The van der Waals surface area contributed by atoms with Gasteiger partial charge in [-0.25, -0.2) is 0 Å². The van der Waals surface area contributed by atoms with Gasteiger partial charge in [-0.2, -0.15) is 0 Å². The van der Waals surface area contributed by atoms with E-state index in [0.29, 0.717) is 49.7 Å². The van der Waals surface area contributed by atoms with Gasteiger partial charge in [0.1, 0.15) is 5.54 Å². The molecule has 2 aliphatic rings. The highest BCUT2D eigenvalue weighted by atomic mass is 35.5. The van der Waals surface area contributed by atoms with Gasteiger partial charge < -0.3 is 30.2 Å². The second-order valence-corrected chi connectivity index (χ2v) is 7.29. The standard InChI is InChI=1S/C20H29N3O5.ClH/c1-26-16-6-5-14(11-17(16)27-2)22-19(25)20(7-3-4-8-20)23-18(24)12-15-13-28-10-9-21-15;/h5-6,11,15,21H,3-4,7-10,12-13H2,1-2H3,(H,22,25)(H,23,24);1H. The number of carbonyl (C=O) groups excluding carboxylic acids is 2. The van der Waals surface area contributed by atoms with E-state index >= 15 is 0 Å². The van der Waals surface area contributed by atoms with Crippen molar-refractivity contribution in [3.05, 3.63) is 18.2 Å². The van der Waals surface area contributed by atoms with Gasteiger partial charge in [-0.15, -0.1) is 12.4 Å². The van der Waals surface area contributed by atoms with Crippen LogP contribution in [0.2, 0.25) is 0 Å². The summed E-state index contributed by atoms with van der Waals surface area (Å²) in [6.45, 7) is 1.91. The first-order valence-electron chi connectivity index (χ1n) is 9.72. The molecule has 2 fully saturated rings. The van der Waals surface area contributed by atoms with E-state index < -0.39 is 5.54 Å². The zero-order valence-corrected chi connectivity index (χ0v) is 17.7. The van der Waals surface area contributed by atoms with Crippen molar-refractivity contribution < 1.29 is 23.8 Å². The summed E-state index contributed by atoms with van der Waals surface area (Å²) >= 11 is 0. The number of rotatable bonds is 7. The van der Waals surface area contributed by atoms with E-state index in [0.717, 1.165) is 19.4 Å². The van der Waals surface area contributed by atoms with Crippen molar-refractivity contribution in [1.29, 1.82) is 0 Å². The Balaban J connectivity index is 0.00000300. The second kappa shape index (κ2) is 10.7. The van der Waals surface area contributed by atoms with Crippen LogP contribution < -0.4 is 25.4 Å². The summed E-state index contributed by atoms with van der Waals surface area (Å²) in [5.74, 6) is 0.797. The van der Waals surface area contributed by atoms with E-state index in [2.05, 4.69) is 16.0 Å². The van der Waals surface area contributed by atoms with E-state index in [1.165, 1.54) is 0 Å². The third-order valence-electron chi connectivity index (χ3n) is 5.34. The third-order valence-corrected chi connectivity index (χ3v) is 5.34. The molecule has 29 heavy (non-hydrogen) atoms. The molecule has 1 saturated carbocycles. The number of anilines is 1. The molecule has 1 atom stereocenters. The van der Waals surface area contributed by atoms with Crippen molar-refractivity contribution in [2.45, 2.75) is 43.7 Å². The molecule has 162 valence electrons. The van der Waals surface area contributed by atoms with Crippen molar-refractivity contribution in [3.63, 3.8) is 0 Å². The molecule has 1 unspecified atom stereocenters. The molecule has 0 aromatic heterocycles. The van der Waals surface area contributed by atoms with Crippen LogP contribution in [0.4, 0.5) is 5.69 Å². The highest BCUT2D eigenvalue weighted by molar-refractivity contribution is 6.01. The average molecular weight is 428 g/mol. The number of methoxy groups -OCH3 is 2. The van der Waals surface area contributed by atoms with Crippen LogP contribution in [0.1, 0.15) is 32.1 Å². The quantitative estimate of drug-likeness (QED) is 0.614. The number of morpholine rings is 1. The molecule has 3 rings (SSSR count). The van der Waals surface area contributed by atoms with Crippen molar-refractivity contribution in [2.75, 3.05) is 39.3 Å². The zero-order chi connectivity index (χ0) is 20.0. The summed E-state index contributed by atoms with van der Waals surface area (Å²) in [4.78, 5) is 25.7. The maximum absolute atomic E-state index is 13.1. The molecule has 3 N–H and O–H groups in total. The maximum Gasteiger partial charge on any atom is 0.250 e. The molecule has 8 nitrogen and oxygen atoms in total. The molecule has 1 heterocycles. The fraction of sp³-hybridized carbons (Fsp3) is 0.600. The lowest BCUT2D eigenvalue weighted by atomic mass is 9.95. The van der Waals surface area contributed by atoms with Gasteiger partial charge >= 0.3 is 0 Å². The number of halogens is 1. The number of amides is 2. The van der Waals surface area contributed by atoms with Crippen LogP contribution in [0.15, 0.2) is 18.2 Å². The van der Waals surface area contributed by atoms with Crippen LogP contribution in [0.25, 0.3) is 0 Å². The first kappa shape index (κ1) is 23.3. The summed E-state index contributed by atoms with van der Waals surface area (Å²) in [5.41, 5.74) is -0.273. The van der Waals surface area contributed by atoms with Crippen LogP contribution in [0.5, 0.6) is 11.5 Å². The highest BCUT2D eigenvalue weighted by Gasteiger charge is 2.42. The Bertz CT molecular complexity index is 703. The lowest BCUT2D eigenvalue weighted by molar-refractivity contribution is -0.131. The molecule has 0 spiro atoms. The molecular weight excluding hydrogens is 398 g/mol. The molecule has 2 amide bonds. The number of benzene rings is 1. The highest BCUT2D eigenvalue weighted by Crippen LogP contribution is 2.33. The van der Waals surface area contributed by atoms with E-state index in [4.69, 9.17) is 14.2 Å². The predicted molar refractivity (Wildman–Crippen MR) is 112 cm³/mol. The fourth-order valence-corrected chi connectivity index (χ4v) is 3.84. The molecular formula is C20H30ClN3O5. The van der Waals surface area contributed by atoms with E-state index in [9.17, 15) is 9.59 Å². The Morgan fingerprint density at radius 3 is 2.55 bits per heavy atom. The summed E-state index contributed by atoms with van der Waals surface area (Å²) in [6.07, 6.45) is 3.37. The largest absolute Gasteiger partial charge is 0.493 e. The van der Waals surface area contributed by atoms with Crippen LogP contribution in [0.3, 0.4) is 0 Å². The Kier molecular flexibility index (Phi) is 8.55. The minimum Gasteiger partial charge on any atom is -0.493 e. The SMILES string of the molecule is COc1ccc(NC(=O)C2(NC(=O)CC3COCCN3)CCCC2)cc1OC.Cl. The van der Waals surface area contributed by atoms with E-state index in [1.54, 1.807) is 32.4 Å². The minimum absolute atomic E-state index is 0. The van der Waals surface area contributed by atoms with E-state index in [1.807, 2.05) is 0 Å². The lowest BCUT2D eigenvalue weighted by Gasteiger charge is -2.30. The van der Waals surface area contributed by atoms with Crippen molar-refractivity contribution >= 4 is 29.9 Å². The Labute approximate surface area is 177 Å². The molecule has 1 aromatic rings. The van der Waals surface area contributed by atoms with Gasteiger partial charge in [-0.1, -0.05) is 12.8 Å². The summed E-state index contributed by atoms with van der Waals surface area (Å²) < 4.78 is 15.9. The Morgan fingerprint density at radius 2 is 1.93 bits per heavy atom. The van der Waals surface area contributed by atoms with Gasteiger partial charge in [0.2, 0.25) is 11.8 Å². The van der Waals surface area contributed by atoms with Gasteiger partial charge in [0.25, 0.3) is 0 Å². The maximum atomic E-state index is 13.1. The smallest absolute Gasteiger partial charge is 0.250 e. The second-order valence-electron chi connectivity index (χ2n) is 7.29. The van der Waals surface area contributed by atoms with Crippen molar-refractivity contribution in [3.8, 4) is 11.5 Å². The average Bonchev–Trinajstić information content (AvgIpc) is 3.18. The molecule has 0 bridgehead atoms. The molecule has 1 aliphatic carbocycles. The first-order valence-corrected chi connectivity index (χ1v) is 9.72. The predicted octanol–water partition coefficient (Wildman–Crippen LogP) is 1.87. The zero-order valence-electron chi connectivity index (χ0n) is 16.9. The third kappa shape index (κ3) is 5.74. The number of hydrogen-bond donors (Lipinski definition) is 3. The molecule has 9 heteroatoms. The van der Waals surface area contributed by atoms with Gasteiger partial charge in [-0.3, -0.25) is 9.59 Å². The fourth-order valence-electron chi connectivity index (χ4n) is 3.84. The summed E-state index contributed by atoms with van der Waals surface area (Å²) in [6, 6.07) is 5.20. The molecule has 1 aromatic carbocycles. The van der Waals surface area contributed by atoms with Crippen molar-refractivity contribution in [2.24, 2.45) is 0 Å². The van der Waals surface area contributed by atoms with E-state index in [-0.39, 0.29) is 30.3 Å².